The van der Waals surface area contributed by atoms with Gasteiger partial charge in [0.15, 0.2) is 11.6 Å². The average molecular weight is 428 g/mol. The molecule has 0 saturated heterocycles. The summed E-state index contributed by atoms with van der Waals surface area (Å²) in [5.74, 6) is -1.39. The molecule has 130 valence electrons. The summed E-state index contributed by atoms with van der Waals surface area (Å²) in [6.07, 6.45) is 0. The number of nitrogens with one attached hydrogen (secondary N) is 2. The number of alkyl halides is 3. The molecule has 1 aromatic carbocycles. The summed E-state index contributed by atoms with van der Waals surface area (Å²) in [5.41, 5.74) is 1.12. The maximum absolute atomic E-state index is 12.4. The Labute approximate surface area is 142 Å². The highest BCUT2D eigenvalue weighted by Gasteiger charge is 2.48. The zero-order chi connectivity index (χ0) is 18.7. The van der Waals surface area contributed by atoms with Crippen LogP contribution in [0.15, 0.2) is 21.7 Å². The fourth-order valence-corrected chi connectivity index (χ4v) is 2.05. The molecule has 0 spiro atoms. The number of hydrogen-bond donors (Lipinski definition) is 3. The topological polar surface area (TPSA) is 141 Å². The number of nitriles is 1. The van der Waals surface area contributed by atoms with Crippen LogP contribution < -0.4 is 15.3 Å². The highest BCUT2D eigenvalue weighted by Crippen LogP contribution is 2.35. The maximum atomic E-state index is 12.4. The van der Waals surface area contributed by atoms with Gasteiger partial charge in [-0.05, 0) is 24.6 Å². The Morgan fingerprint density at radius 1 is 1.50 bits per heavy atom. The second-order valence-corrected chi connectivity index (χ2v) is 6.57. The zero-order valence-corrected chi connectivity index (χ0v) is 14.2. The molecule has 0 fully saturated rings. The SMILES string of the molecule is Cc1cc(OS(=O)(=O)C(F)(F)F)c(N/N=C(\C#N)C(=N)N)cc1Br. The number of halogens is 4. The fraction of sp³-hybridized carbons (Fsp3) is 0.182. The van der Waals surface area contributed by atoms with Gasteiger partial charge in [0, 0.05) is 4.47 Å². The minimum absolute atomic E-state index is 0.297. The number of anilines is 1. The quantitative estimate of drug-likeness (QED) is 0.216. The maximum Gasteiger partial charge on any atom is 0.534 e. The number of benzene rings is 1. The molecular weight excluding hydrogens is 419 g/mol. The summed E-state index contributed by atoms with van der Waals surface area (Å²) in [4.78, 5) is 0. The van der Waals surface area contributed by atoms with Gasteiger partial charge >= 0.3 is 15.6 Å². The van der Waals surface area contributed by atoms with Crippen LogP contribution >= 0.6 is 15.9 Å². The highest BCUT2D eigenvalue weighted by atomic mass is 79.9. The van der Waals surface area contributed by atoms with Gasteiger partial charge in [0.25, 0.3) is 0 Å². The monoisotopic (exact) mass is 427 g/mol. The lowest BCUT2D eigenvalue weighted by Crippen LogP contribution is -2.28. The smallest absolute Gasteiger partial charge is 0.382 e. The first-order valence-corrected chi connectivity index (χ1v) is 7.98. The predicted octanol–water partition coefficient (Wildman–Crippen LogP) is 2.21. The molecule has 0 amide bonds. The minimum Gasteiger partial charge on any atom is -0.382 e. The van der Waals surface area contributed by atoms with Crippen molar-refractivity contribution in [3.63, 3.8) is 0 Å². The molecule has 0 aliphatic rings. The van der Waals surface area contributed by atoms with Gasteiger partial charge < -0.3 is 9.92 Å². The van der Waals surface area contributed by atoms with Crippen LogP contribution in [0.3, 0.4) is 0 Å². The molecular formula is C11H9BrF3N5O3S. The van der Waals surface area contributed by atoms with Crippen LogP contribution in [0.2, 0.25) is 0 Å². The third kappa shape index (κ3) is 4.59. The molecule has 0 saturated carbocycles. The van der Waals surface area contributed by atoms with Crippen LogP contribution in [0.5, 0.6) is 5.75 Å². The molecule has 0 heterocycles. The van der Waals surface area contributed by atoms with E-state index in [1.165, 1.54) is 19.1 Å². The predicted molar refractivity (Wildman–Crippen MR) is 83.1 cm³/mol. The van der Waals surface area contributed by atoms with Crippen molar-refractivity contribution in [2.24, 2.45) is 10.8 Å². The van der Waals surface area contributed by atoms with Crippen LogP contribution in [0.25, 0.3) is 0 Å². The number of hydrogen-bond acceptors (Lipinski definition) is 7. The van der Waals surface area contributed by atoms with E-state index in [9.17, 15) is 21.6 Å². The number of hydrazone groups is 1. The third-order valence-corrected chi connectivity index (χ3v) is 4.21. The largest absolute Gasteiger partial charge is 0.534 e. The fourth-order valence-electron chi connectivity index (χ4n) is 1.24. The third-order valence-electron chi connectivity index (χ3n) is 2.39. The van der Waals surface area contributed by atoms with E-state index >= 15 is 0 Å². The second kappa shape index (κ2) is 7.05. The molecule has 0 bridgehead atoms. The Hall–Kier alpha value is -2.33. The summed E-state index contributed by atoms with van der Waals surface area (Å²) in [5, 5.41) is 19.2. The molecule has 0 aromatic heterocycles. The lowest BCUT2D eigenvalue weighted by atomic mass is 10.2. The average Bonchev–Trinajstić information content (AvgIpc) is 2.42. The molecule has 1 aromatic rings. The number of aryl methyl sites for hydroxylation is 1. The van der Waals surface area contributed by atoms with E-state index in [-0.39, 0.29) is 5.69 Å². The van der Waals surface area contributed by atoms with Crippen molar-refractivity contribution in [1.29, 1.82) is 10.7 Å². The molecule has 0 aliphatic heterocycles. The Kier molecular flexibility index (Phi) is 5.80. The van der Waals surface area contributed by atoms with E-state index < -0.39 is 32.9 Å². The van der Waals surface area contributed by atoms with Gasteiger partial charge in [-0.1, -0.05) is 15.9 Å². The van der Waals surface area contributed by atoms with Crippen molar-refractivity contribution in [2.75, 3.05) is 5.43 Å². The number of nitrogens with two attached hydrogens (primary N) is 1. The van der Waals surface area contributed by atoms with Crippen LogP contribution in [-0.2, 0) is 10.1 Å². The Morgan fingerprint density at radius 3 is 2.54 bits per heavy atom. The van der Waals surface area contributed by atoms with Crippen molar-refractivity contribution in [3.8, 4) is 11.8 Å². The van der Waals surface area contributed by atoms with Crippen molar-refractivity contribution >= 4 is 43.3 Å². The normalized spacial score (nSPS) is 12.4. The molecule has 0 unspecified atom stereocenters. The standard InChI is InChI=1S/C11H9BrF3N5O3S/c1-5-2-9(23-24(21,22)11(13,14)15)7(3-6(5)12)19-20-8(4-16)10(17)18/h2-3,19H,1H3,(H3,17,18)/b20-8+. The summed E-state index contributed by atoms with van der Waals surface area (Å²) in [7, 11) is -5.90. The van der Waals surface area contributed by atoms with E-state index in [4.69, 9.17) is 16.4 Å². The molecule has 0 aliphatic carbocycles. The van der Waals surface area contributed by atoms with Gasteiger partial charge in [-0.3, -0.25) is 10.8 Å². The van der Waals surface area contributed by atoms with Gasteiger partial charge in [0.1, 0.15) is 11.8 Å². The number of nitrogens with zero attached hydrogens (tertiary/aromatic N) is 2. The van der Waals surface area contributed by atoms with Gasteiger partial charge in [-0.15, -0.1) is 0 Å². The molecule has 1 rings (SSSR count). The van der Waals surface area contributed by atoms with E-state index in [1.54, 1.807) is 0 Å². The lowest BCUT2D eigenvalue weighted by molar-refractivity contribution is -0.0499. The summed E-state index contributed by atoms with van der Waals surface area (Å²) < 4.78 is 64.1. The molecule has 0 radical (unpaired) electrons. The van der Waals surface area contributed by atoms with Gasteiger partial charge in [0.2, 0.25) is 5.71 Å². The van der Waals surface area contributed by atoms with Crippen molar-refractivity contribution in [3.05, 3.63) is 22.2 Å². The van der Waals surface area contributed by atoms with Crippen LogP contribution in [0, 0.1) is 23.7 Å². The Balaban J connectivity index is 3.34. The Bertz CT molecular complexity index is 846. The first-order valence-electron chi connectivity index (χ1n) is 5.78. The van der Waals surface area contributed by atoms with E-state index in [0.717, 1.165) is 6.07 Å². The second-order valence-electron chi connectivity index (χ2n) is 4.18. The molecule has 4 N–H and O–H groups in total. The van der Waals surface area contributed by atoms with Gasteiger partial charge in [-0.25, -0.2) is 0 Å². The van der Waals surface area contributed by atoms with Crippen LogP contribution in [0.4, 0.5) is 18.9 Å². The molecule has 0 atom stereocenters. The summed E-state index contributed by atoms with van der Waals surface area (Å²) in [6, 6.07) is 3.69. The molecule has 24 heavy (non-hydrogen) atoms. The number of rotatable bonds is 5. The van der Waals surface area contributed by atoms with E-state index in [1.807, 2.05) is 0 Å². The zero-order valence-electron chi connectivity index (χ0n) is 11.8. The molecule has 8 nitrogen and oxygen atoms in total. The first kappa shape index (κ1) is 19.7. The van der Waals surface area contributed by atoms with E-state index in [0.29, 0.717) is 10.0 Å². The first-order chi connectivity index (χ1) is 10.9. The summed E-state index contributed by atoms with van der Waals surface area (Å²) >= 11 is 3.10. The molecule has 13 heteroatoms. The van der Waals surface area contributed by atoms with Gasteiger partial charge in [-0.2, -0.15) is 32.0 Å². The minimum atomic E-state index is -5.90. The van der Waals surface area contributed by atoms with Crippen LogP contribution in [-0.4, -0.2) is 25.5 Å². The van der Waals surface area contributed by atoms with Crippen molar-refractivity contribution < 1.29 is 25.8 Å². The van der Waals surface area contributed by atoms with Crippen molar-refractivity contribution in [1.82, 2.24) is 0 Å². The Morgan fingerprint density at radius 2 is 2.08 bits per heavy atom. The summed E-state index contributed by atoms with van der Waals surface area (Å²) in [6.45, 7) is 1.49. The van der Waals surface area contributed by atoms with E-state index in [2.05, 4.69) is 30.6 Å². The van der Waals surface area contributed by atoms with Gasteiger partial charge in [0.05, 0.1) is 0 Å². The highest BCUT2D eigenvalue weighted by molar-refractivity contribution is 9.10. The number of amidine groups is 1. The van der Waals surface area contributed by atoms with Crippen molar-refractivity contribution in [2.45, 2.75) is 12.4 Å². The lowest BCUT2D eigenvalue weighted by Gasteiger charge is -2.14. The van der Waals surface area contributed by atoms with Crippen LogP contribution in [0.1, 0.15) is 5.56 Å².